The van der Waals surface area contributed by atoms with E-state index in [4.69, 9.17) is 9.47 Å². The quantitative estimate of drug-likeness (QED) is 0.0531. The number of hydrogen-bond donors (Lipinski definition) is 0. The Morgan fingerprint density at radius 2 is 0.750 bits per heavy atom. The van der Waals surface area contributed by atoms with Gasteiger partial charge in [-0.25, -0.2) is 0 Å². The number of unbranched alkanes of at least 4 members (excludes halogenated alkanes) is 24. The molecule has 0 aliphatic rings. The number of carbonyl (C=O) groups is 2. The van der Waals surface area contributed by atoms with Gasteiger partial charge in [-0.05, 0) is 31.9 Å². The van der Waals surface area contributed by atoms with E-state index in [1.165, 1.54) is 147 Å². The van der Waals surface area contributed by atoms with Crippen molar-refractivity contribution >= 4 is 17.6 Å². The number of carbonyl (C=O) groups excluding carboxylic acids is 2. The number of esters is 2. The molecule has 1 aromatic carbocycles. The summed E-state index contributed by atoms with van der Waals surface area (Å²) in [5.74, 6) is -0.211. The van der Waals surface area contributed by atoms with Gasteiger partial charge in [-0.15, -0.1) is 0 Å². The van der Waals surface area contributed by atoms with E-state index in [9.17, 15) is 9.59 Å². The Morgan fingerprint density at radius 1 is 0.458 bits per heavy atom. The van der Waals surface area contributed by atoms with Gasteiger partial charge in [0.15, 0.2) is 0 Å². The van der Waals surface area contributed by atoms with Crippen LogP contribution in [0.1, 0.15) is 199 Å². The van der Waals surface area contributed by atoms with Crippen LogP contribution in [-0.2, 0) is 19.1 Å². The van der Waals surface area contributed by atoms with Gasteiger partial charge in [0.05, 0.1) is 13.1 Å². The topological polar surface area (TPSA) is 55.8 Å². The number of anilines is 1. The molecule has 48 heavy (non-hydrogen) atoms. The molecule has 0 aliphatic carbocycles. The Hall–Kier alpha value is -2.04. The fourth-order valence-electron chi connectivity index (χ4n) is 6.38. The third-order valence-corrected chi connectivity index (χ3v) is 9.62. The summed E-state index contributed by atoms with van der Waals surface area (Å²) in [5.41, 5.74) is 2.26. The highest BCUT2D eigenvalue weighted by atomic mass is 16.5. The highest BCUT2D eigenvalue weighted by Crippen LogP contribution is 2.17. The zero-order valence-corrected chi connectivity index (χ0v) is 32.0. The van der Waals surface area contributed by atoms with E-state index in [0.717, 1.165) is 31.4 Å². The summed E-state index contributed by atoms with van der Waals surface area (Å²) in [7, 11) is 0. The molecule has 0 N–H and O–H groups in total. The summed E-state index contributed by atoms with van der Waals surface area (Å²) < 4.78 is 11.2. The summed E-state index contributed by atoms with van der Waals surface area (Å²) >= 11 is 0. The predicted molar refractivity (Wildman–Crippen MR) is 206 cm³/mol. The SMILES string of the molecule is CCCCCCCCCCCCCCCC(=O)OCCN(CCOC(=O)CCCCCCCCCCCCCCC)c1ccc(C)cc1. The van der Waals surface area contributed by atoms with Gasteiger partial charge in [-0.3, -0.25) is 9.59 Å². The predicted octanol–water partition coefficient (Wildman–Crippen LogP) is 12.9. The first kappa shape index (κ1) is 44.0. The van der Waals surface area contributed by atoms with Gasteiger partial charge in [-0.2, -0.15) is 0 Å². The molecule has 0 atom stereocenters. The molecule has 0 saturated heterocycles. The molecule has 5 heteroatoms. The summed E-state index contributed by atoms with van der Waals surface area (Å²) in [6.07, 6.45) is 34.7. The molecule has 0 bridgehead atoms. The van der Waals surface area contributed by atoms with Crippen LogP contribution >= 0.6 is 0 Å². The fourth-order valence-corrected chi connectivity index (χ4v) is 6.38. The largest absolute Gasteiger partial charge is 0.464 e. The minimum absolute atomic E-state index is 0.105. The Kier molecular flexibility index (Phi) is 30.7. The molecule has 0 aliphatic heterocycles. The van der Waals surface area contributed by atoms with E-state index >= 15 is 0 Å². The van der Waals surface area contributed by atoms with Crippen LogP contribution in [-0.4, -0.2) is 38.2 Å². The minimum atomic E-state index is -0.105. The number of rotatable bonds is 35. The summed E-state index contributed by atoms with van der Waals surface area (Å²) in [6, 6.07) is 8.34. The number of aryl methyl sites for hydroxylation is 1. The number of hydrogen-bond acceptors (Lipinski definition) is 5. The smallest absolute Gasteiger partial charge is 0.305 e. The molecule has 0 aromatic heterocycles. The summed E-state index contributed by atoms with van der Waals surface area (Å²) in [5, 5.41) is 0. The average Bonchev–Trinajstić information content (AvgIpc) is 3.08. The first-order valence-corrected chi connectivity index (χ1v) is 20.7. The first-order valence-electron chi connectivity index (χ1n) is 20.7. The van der Waals surface area contributed by atoms with Crippen LogP contribution in [0.3, 0.4) is 0 Å². The standard InChI is InChI=1S/C43H77NO4/c1-4-6-8-10-12-14-16-18-20-22-24-26-28-30-42(45)47-38-36-44(41-34-32-40(3)33-35-41)37-39-48-43(46)31-29-27-25-23-21-19-17-15-13-11-9-7-5-2/h32-35H,4-31,36-39H2,1-3H3. The molecule has 1 rings (SSSR count). The van der Waals surface area contributed by atoms with Gasteiger partial charge in [0.2, 0.25) is 0 Å². The van der Waals surface area contributed by atoms with Crippen molar-refractivity contribution in [2.45, 2.75) is 201 Å². The van der Waals surface area contributed by atoms with Crippen molar-refractivity contribution < 1.29 is 19.1 Å². The molecule has 0 amide bonds. The third-order valence-electron chi connectivity index (χ3n) is 9.62. The second-order valence-electron chi connectivity index (χ2n) is 14.2. The highest BCUT2D eigenvalue weighted by Gasteiger charge is 2.11. The summed E-state index contributed by atoms with van der Waals surface area (Å²) in [4.78, 5) is 26.9. The fraction of sp³-hybridized carbons (Fsp3) is 0.814. The molecular weight excluding hydrogens is 594 g/mol. The van der Waals surface area contributed by atoms with Gasteiger partial charge >= 0.3 is 11.9 Å². The Bertz CT molecular complexity index is 807. The van der Waals surface area contributed by atoms with Crippen LogP contribution in [0.25, 0.3) is 0 Å². The van der Waals surface area contributed by atoms with E-state index in [-0.39, 0.29) is 11.9 Å². The van der Waals surface area contributed by atoms with Crippen molar-refractivity contribution in [3.63, 3.8) is 0 Å². The molecule has 0 radical (unpaired) electrons. The van der Waals surface area contributed by atoms with E-state index in [1.807, 2.05) is 0 Å². The van der Waals surface area contributed by atoms with Crippen LogP contribution < -0.4 is 4.90 Å². The van der Waals surface area contributed by atoms with Crippen LogP contribution in [0, 0.1) is 6.92 Å². The third kappa shape index (κ3) is 27.9. The maximum Gasteiger partial charge on any atom is 0.305 e. The van der Waals surface area contributed by atoms with Crippen molar-refractivity contribution in [2.24, 2.45) is 0 Å². The maximum atomic E-state index is 12.4. The monoisotopic (exact) mass is 672 g/mol. The molecule has 278 valence electrons. The van der Waals surface area contributed by atoms with E-state index in [2.05, 4.69) is 49.9 Å². The van der Waals surface area contributed by atoms with Crippen LogP contribution in [0.4, 0.5) is 5.69 Å². The Balaban J connectivity index is 2.12. The zero-order valence-electron chi connectivity index (χ0n) is 32.0. The summed E-state index contributed by atoms with van der Waals surface area (Å²) in [6.45, 7) is 8.48. The maximum absolute atomic E-state index is 12.4. The van der Waals surface area contributed by atoms with Crippen molar-refractivity contribution in [2.75, 3.05) is 31.2 Å². The van der Waals surface area contributed by atoms with Crippen LogP contribution in [0.15, 0.2) is 24.3 Å². The Labute approximate surface area is 297 Å². The lowest BCUT2D eigenvalue weighted by atomic mass is 10.0. The molecular formula is C43H77NO4. The average molecular weight is 672 g/mol. The zero-order chi connectivity index (χ0) is 34.8. The first-order chi connectivity index (χ1) is 23.6. The lowest BCUT2D eigenvalue weighted by Crippen LogP contribution is -2.32. The number of ether oxygens (including phenoxy) is 2. The van der Waals surface area contributed by atoms with Crippen LogP contribution in [0.2, 0.25) is 0 Å². The molecule has 1 aromatic rings. The van der Waals surface area contributed by atoms with Crippen LogP contribution in [0.5, 0.6) is 0 Å². The molecule has 0 saturated carbocycles. The van der Waals surface area contributed by atoms with E-state index < -0.39 is 0 Å². The number of benzene rings is 1. The number of nitrogens with zero attached hydrogens (tertiary/aromatic N) is 1. The molecule has 5 nitrogen and oxygen atoms in total. The minimum Gasteiger partial charge on any atom is -0.464 e. The van der Waals surface area contributed by atoms with E-state index in [1.54, 1.807) is 0 Å². The highest BCUT2D eigenvalue weighted by molar-refractivity contribution is 5.69. The Morgan fingerprint density at radius 3 is 1.06 bits per heavy atom. The normalized spacial score (nSPS) is 11.1. The van der Waals surface area contributed by atoms with Gasteiger partial charge in [0.1, 0.15) is 13.2 Å². The van der Waals surface area contributed by atoms with Gasteiger partial charge < -0.3 is 14.4 Å². The van der Waals surface area contributed by atoms with Gasteiger partial charge in [-0.1, -0.05) is 186 Å². The lowest BCUT2D eigenvalue weighted by molar-refractivity contribution is -0.143. The molecule has 0 fully saturated rings. The van der Waals surface area contributed by atoms with Gasteiger partial charge in [0, 0.05) is 18.5 Å². The second-order valence-corrected chi connectivity index (χ2v) is 14.2. The van der Waals surface area contributed by atoms with Crippen molar-refractivity contribution in [3.05, 3.63) is 29.8 Å². The van der Waals surface area contributed by atoms with Crippen molar-refractivity contribution in [1.82, 2.24) is 0 Å². The van der Waals surface area contributed by atoms with Crippen molar-refractivity contribution in [1.29, 1.82) is 0 Å². The van der Waals surface area contributed by atoms with Gasteiger partial charge in [0.25, 0.3) is 0 Å². The molecule has 0 heterocycles. The molecule has 0 unspecified atom stereocenters. The lowest BCUT2D eigenvalue weighted by Gasteiger charge is -2.24. The van der Waals surface area contributed by atoms with E-state index in [0.29, 0.717) is 39.1 Å². The molecule has 0 spiro atoms. The second kappa shape index (κ2) is 33.5. The van der Waals surface area contributed by atoms with Crippen molar-refractivity contribution in [3.8, 4) is 0 Å².